The average molecular weight is 450 g/mol. The molecule has 122 valence electrons. The van der Waals surface area contributed by atoms with E-state index in [9.17, 15) is 9.59 Å². The summed E-state index contributed by atoms with van der Waals surface area (Å²) in [6.45, 7) is 2.06. The maximum atomic E-state index is 12.4. The van der Waals surface area contributed by atoms with Crippen LogP contribution in [0.4, 0.5) is 0 Å². The molecule has 5 heteroatoms. The van der Waals surface area contributed by atoms with E-state index in [-0.39, 0.29) is 12.2 Å². The standard InChI is InChI=1S/C19H14Br2O3/c1-2-11-3-5-12(6-4-11)17(22)9-14-7-13-8-15(20)10-16(21)18(13)24-19(14)23/h3-8,10H,2,9H2,1H3. The fourth-order valence-electron chi connectivity index (χ4n) is 2.52. The van der Waals surface area contributed by atoms with Crippen molar-refractivity contribution in [2.24, 2.45) is 0 Å². The Labute approximate surface area is 155 Å². The number of Topliss-reactive ketones (excluding diaryl/α,β-unsaturated/α-hetero) is 1. The first-order valence-corrected chi connectivity index (χ1v) is 9.10. The van der Waals surface area contributed by atoms with Crippen LogP contribution in [-0.2, 0) is 12.8 Å². The summed E-state index contributed by atoms with van der Waals surface area (Å²) < 4.78 is 6.93. The molecule has 0 spiro atoms. The van der Waals surface area contributed by atoms with Crippen LogP contribution in [0, 0.1) is 0 Å². The third-order valence-corrected chi connectivity index (χ3v) is 4.91. The summed E-state index contributed by atoms with van der Waals surface area (Å²) in [4.78, 5) is 24.6. The number of fused-ring (bicyclic) bond motifs is 1. The van der Waals surface area contributed by atoms with Crippen molar-refractivity contribution in [3.8, 4) is 0 Å². The Morgan fingerprint density at radius 2 is 1.79 bits per heavy atom. The zero-order chi connectivity index (χ0) is 17.3. The highest BCUT2D eigenvalue weighted by Gasteiger charge is 2.14. The molecule has 0 N–H and O–H groups in total. The van der Waals surface area contributed by atoms with Gasteiger partial charge < -0.3 is 4.42 Å². The minimum atomic E-state index is -0.482. The third kappa shape index (κ3) is 3.52. The van der Waals surface area contributed by atoms with Crippen LogP contribution in [-0.4, -0.2) is 5.78 Å². The predicted octanol–water partition coefficient (Wildman–Crippen LogP) is 5.31. The fourth-order valence-corrected chi connectivity index (χ4v) is 3.86. The summed E-state index contributed by atoms with van der Waals surface area (Å²) >= 11 is 6.79. The van der Waals surface area contributed by atoms with Crippen LogP contribution < -0.4 is 5.63 Å². The van der Waals surface area contributed by atoms with Gasteiger partial charge in [-0.15, -0.1) is 0 Å². The number of carbonyl (C=O) groups is 1. The van der Waals surface area contributed by atoms with Gasteiger partial charge in [0.15, 0.2) is 11.4 Å². The lowest BCUT2D eigenvalue weighted by atomic mass is 10.0. The van der Waals surface area contributed by atoms with E-state index in [1.165, 1.54) is 5.56 Å². The molecule has 1 aromatic heterocycles. The van der Waals surface area contributed by atoms with E-state index in [4.69, 9.17) is 4.42 Å². The van der Waals surface area contributed by atoms with Gasteiger partial charge in [0.25, 0.3) is 0 Å². The number of benzene rings is 2. The minimum Gasteiger partial charge on any atom is -0.421 e. The van der Waals surface area contributed by atoms with Gasteiger partial charge in [0, 0.05) is 27.4 Å². The molecule has 0 aliphatic rings. The van der Waals surface area contributed by atoms with E-state index in [1.807, 2.05) is 24.3 Å². The second kappa shape index (κ2) is 7.03. The van der Waals surface area contributed by atoms with Crippen LogP contribution in [0.3, 0.4) is 0 Å². The lowest BCUT2D eigenvalue weighted by molar-refractivity contribution is 0.0992. The Kier molecular flexibility index (Phi) is 5.01. The van der Waals surface area contributed by atoms with Crippen LogP contribution in [0.15, 0.2) is 60.6 Å². The molecule has 0 saturated carbocycles. The highest BCUT2D eigenvalue weighted by molar-refractivity contribution is 9.11. The van der Waals surface area contributed by atoms with Crippen LogP contribution in [0.2, 0.25) is 0 Å². The predicted molar refractivity (Wildman–Crippen MR) is 102 cm³/mol. The number of ketones is 1. The van der Waals surface area contributed by atoms with Crippen molar-refractivity contribution in [2.75, 3.05) is 0 Å². The van der Waals surface area contributed by atoms with Gasteiger partial charge in [0.2, 0.25) is 0 Å². The van der Waals surface area contributed by atoms with Gasteiger partial charge in [-0.2, -0.15) is 0 Å². The quantitative estimate of drug-likeness (QED) is 0.400. The minimum absolute atomic E-state index is 0.0217. The molecule has 1 heterocycles. The molecule has 2 aromatic carbocycles. The lowest BCUT2D eigenvalue weighted by Crippen LogP contribution is -2.13. The van der Waals surface area contributed by atoms with Gasteiger partial charge in [-0.25, -0.2) is 4.79 Å². The first-order valence-electron chi connectivity index (χ1n) is 7.52. The Morgan fingerprint density at radius 3 is 2.46 bits per heavy atom. The van der Waals surface area contributed by atoms with Crippen LogP contribution in [0.5, 0.6) is 0 Å². The number of rotatable bonds is 4. The van der Waals surface area contributed by atoms with Crippen LogP contribution >= 0.6 is 31.9 Å². The second-order valence-electron chi connectivity index (χ2n) is 5.52. The monoisotopic (exact) mass is 448 g/mol. The highest BCUT2D eigenvalue weighted by Crippen LogP contribution is 2.28. The highest BCUT2D eigenvalue weighted by atomic mass is 79.9. The van der Waals surface area contributed by atoms with E-state index in [2.05, 4.69) is 38.8 Å². The van der Waals surface area contributed by atoms with Crippen molar-refractivity contribution in [2.45, 2.75) is 19.8 Å². The van der Waals surface area contributed by atoms with Crippen molar-refractivity contribution in [1.29, 1.82) is 0 Å². The van der Waals surface area contributed by atoms with E-state index >= 15 is 0 Å². The molecular formula is C19H14Br2O3. The molecule has 24 heavy (non-hydrogen) atoms. The lowest BCUT2D eigenvalue weighted by Gasteiger charge is -2.05. The molecule has 3 rings (SSSR count). The van der Waals surface area contributed by atoms with Crippen molar-refractivity contribution >= 4 is 48.6 Å². The molecule has 0 bridgehead atoms. The van der Waals surface area contributed by atoms with Gasteiger partial charge in [-0.05, 0) is 46.1 Å². The van der Waals surface area contributed by atoms with Crippen molar-refractivity contribution < 1.29 is 9.21 Å². The summed E-state index contributed by atoms with van der Waals surface area (Å²) in [7, 11) is 0. The van der Waals surface area contributed by atoms with Crippen molar-refractivity contribution in [3.05, 3.63) is 78.5 Å². The third-order valence-electron chi connectivity index (χ3n) is 3.86. The molecule has 0 aliphatic heterocycles. The Bertz CT molecular complexity index is 972. The molecule has 0 fully saturated rings. The first-order chi connectivity index (χ1) is 11.5. The van der Waals surface area contributed by atoms with Crippen molar-refractivity contribution in [3.63, 3.8) is 0 Å². The van der Waals surface area contributed by atoms with Gasteiger partial charge in [-0.3, -0.25) is 4.79 Å². The molecule has 0 amide bonds. The molecule has 0 unspecified atom stereocenters. The molecule has 0 aliphatic carbocycles. The topological polar surface area (TPSA) is 47.3 Å². The van der Waals surface area contributed by atoms with Gasteiger partial charge in [0.1, 0.15) is 0 Å². The summed E-state index contributed by atoms with van der Waals surface area (Å²) in [5.74, 6) is -0.0987. The smallest absolute Gasteiger partial charge is 0.339 e. The van der Waals surface area contributed by atoms with Crippen molar-refractivity contribution in [1.82, 2.24) is 0 Å². The maximum absolute atomic E-state index is 12.4. The van der Waals surface area contributed by atoms with Gasteiger partial charge >= 0.3 is 5.63 Å². The number of hydrogen-bond acceptors (Lipinski definition) is 3. The first kappa shape index (κ1) is 17.1. The second-order valence-corrected chi connectivity index (χ2v) is 7.29. The molecule has 0 radical (unpaired) electrons. The summed E-state index contributed by atoms with van der Waals surface area (Å²) in [6.07, 6.45) is 0.945. The molecule has 3 aromatic rings. The molecule has 0 saturated heterocycles. The van der Waals surface area contributed by atoms with E-state index in [0.29, 0.717) is 21.2 Å². The van der Waals surface area contributed by atoms with E-state index in [1.54, 1.807) is 18.2 Å². The number of carbonyl (C=O) groups excluding carboxylic acids is 1. The summed E-state index contributed by atoms with van der Waals surface area (Å²) in [5.41, 5.74) is 2.13. The zero-order valence-electron chi connectivity index (χ0n) is 12.9. The Morgan fingerprint density at radius 1 is 1.08 bits per heavy atom. The molecular weight excluding hydrogens is 436 g/mol. The van der Waals surface area contributed by atoms with Gasteiger partial charge in [0.05, 0.1) is 4.47 Å². The van der Waals surface area contributed by atoms with E-state index < -0.39 is 5.63 Å². The number of aryl methyl sites for hydroxylation is 1. The Hall–Kier alpha value is -1.72. The average Bonchev–Trinajstić information content (AvgIpc) is 2.56. The largest absolute Gasteiger partial charge is 0.421 e. The molecule has 0 atom stereocenters. The normalized spacial score (nSPS) is 11.0. The number of hydrogen-bond donors (Lipinski definition) is 0. The zero-order valence-corrected chi connectivity index (χ0v) is 16.1. The van der Waals surface area contributed by atoms with Crippen LogP contribution in [0.25, 0.3) is 11.0 Å². The fraction of sp³-hybridized carbons (Fsp3) is 0.158. The van der Waals surface area contributed by atoms with Gasteiger partial charge in [-0.1, -0.05) is 47.1 Å². The number of halogens is 2. The summed E-state index contributed by atoms with van der Waals surface area (Å²) in [6, 6.07) is 12.9. The molecule has 3 nitrogen and oxygen atoms in total. The Balaban J connectivity index is 1.95. The SMILES string of the molecule is CCc1ccc(C(=O)Cc2cc3cc(Br)cc(Br)c3oc2=O)cc1. The summed E-state index contributed by atoms with van der Waals surface area (Å²) in [5, 5.41) is 0.764. The van der Waals surface area contributed by atoms with Crippen LogP contribution in [0.1, 0.15) is 28.4 Å². The maximum Gasteiger partial charge on any atom is 0.339 e. The van der Waals surface area contributed by atoms with E-state index in [0.717, 1.165) is 16.3 Å².